The largest absolute Gasteiger partial charge is 0.388 e. The van der Waals surface area contributed by atoms with Crippen molar-refractivity contribution in [3.63, 3.8) is 0 Å². The number of aliphatic hydroxyl groups is 1. The molecule has 0 bridgehead atoms. The van der Waals surface area contributed by atoms with Crippen LogP contribution < -0.4 is 0 Å². The maximum absolute atomic E-state index is 12.3. The molecule has 0 saturated carbocycles. The summed E-state index contributed by atoms with van der Waals surface area (Å²) in [5.74, 6) is 1.10. The summed E-state index contributed by atoms with van der Waals surface area (Å²) in [6, 6.07) is 14.5. The molecule has 2 aliphatic rings. The van der Waals surface area contributed by atoms with Crippen LogP contribution >= 0.6 is 0 Å². The van der Waals surface area contributed by atoms with Gasteiger partial charge in [-0.15, -0.1) is 20.4 Å². The highest BCUT2D eigenvalue weighted by molar-refractivity contribution is 6.20. The SMILES string of the molecule is COCc1nnc2nc3c(nn12)C(=O)c1ccccc1-3.O=C1c2ccccc2-c2nn3c(CO)nnc3nc21. The predicted octanol–water partition coefficient (Wildman–Crippen LogP) is 1.10. The van der Waals surface area contributed by atoms with Crippen LogP contribution in [0, 0.1) is 0 Å². The van der Waals surface area contributed by atoms with Crippen molar-refractivity contribution < 1.29 is 19.4 Å². The monoisotopic (exact) mass is 520 g/mol. The highest BCUT2D eigenvalue weighted by atomic mass is 16.5. The molecule has 2 aromatic carbocycles. The lowest BCUT2D eigenvalue weighted by molar-refractivity contribution is 0.103. The average Bonchev–Trinajstić information content (AvgIpc) is 3.71. The molecule has 0 amide bonds. The van der Waals surface area contributed by atoms with Gasteiger partial charge in [0.2, 0.25) is 11.6 Å². The van der Waals surface area contributed by atoms with Crippen LogP contribution in [0.1, 0.15) is 43.8 Å². The first-order valence-electron chi connectivity index (χ1n) is 11.7. The van der Waals surface area contributed by atoms with E-state index in [-0.39, 0.29) is 36.3 Å². The Morgan fingerprint density at radius 3 is 1.82 bits per heavy atom. The van der Waals surface area contributed by atoms with E-state index in [1.807, 2.05) is 30.3 Å². The molecule has 0 spiro atoms. The lowest BCUT2D eigenvalue weighted by Gasteiger charge is -2.00. The molecule has 0 fully saturated rings. The van der Waals surface area contributed by atoms with Gasteiger partial charge in [-0.1, -0.05) is 48.5 Å². The molecule has 6 aromatic rings. The average molecular weight is 520 g/mol. The van der Waals surface area contributed by atoms with Crippen molar-refractivity contribution >= 4 is 23.1 Å². The van der Waals surface area contributed by atoms with E-state index in [0.717, 1.165) is 11.1 Å². The first-order valence-corrected chi connectivity index (χ1v) is 11.7. The molecule has 190 valence electrons. The van der Waals surface area contributed by atoms with E-state index >= 15 is 0 Å². The van der Waals surface area contributed by atoms with Gasteiger partial charge < -0.3 is 9.84 Å². The molecule has 4 heterocycles. The van der Waals surface area contributed by atoms with Crippen molar-refractivity contribution in [2.75, 3.05) is 7.11 Å². The maximum Gasteiger partial charge on any atom is 0.272 e. The minimum absolute atomic E-state index is 0.123. The van der Waals surface area contributed by atoms with Gasteiger partial charge in [0.25, 0.3) is 11.6 Å². The zero-order valence-corrected chi connectivity index (χ0v) is 20.2. The van der Waals surface area contributed by atoms with Crippen LogP contribution in [0.25, 0.3) is 34.1 Å². The number of aliphatic hydroxyl groups excluding tert-OH is 1. The van der Waals surface area contributed by atoms with E-state index in [4.69, 9.17) is 9.84 Å². The molecule has 4 aromatic heterocycles. The summed E-state index contributed by atoms with van der Waals surface area (Å²) in [6.45, 7) is -0.0278. The predicted molar refractivity (Wildman–Crippen MR) is 132 cm³/mol. The highest BCUT2D eigenvalue weighted by Gasteiger charge is 2.32. The van der Waals surface area contributed by atoms with Gasteiger partial charge in [0.1, 0.15) is 30.3 Å². The zero-order valence-electron chi connectivity index (χ0n) is 20.2. The molecule has 39 heavy (non-hydrogen) atoms. The van der Waals surface area contributed by atoms with Crippen LogP contribution in [0.4, 0.5) is 0 Å². The number of hydrogen-bond donors (Lipinski definition) is 1. The topological polar surface area (TPSA) is 176 Å². The minimum atomic E-state index is -0.287. The number of carbonyl (C=O) groups excluding carboxylic acids is 2. The molecule has 14 nitrogen and oxygen atoms in total. The van der Waals surface area contributed by atoms with Crippen LogP contribution in [-0.2, 0) is 18.0 Å². The number of nitrogens with zero attached hydrogens (tertiary/aromatic N) is 10. The van der Waals surface area contributed by atoms with E-state index in [2.05, 4.69) is 40.6 Å². The molecule has 2 aliphatic carbocycles. The second-order valence-corrected chi connectivity index (χ2v) is 8.61. The van der Waals surface area contributed by atoms with E-state index in [1.54, 1.807) is 25.3 Å². The summed E-state index contributed by atoms with van der Waals surface area (Å²) in [4.78, 5) is 33.1. The van der Waals surface area contributed by atoms with Gasteiger partial charge in [0.15, 0.2) is 17.3 Å². The van der Waals surface area contributed by atoms with Gasteiger partial charge in [0, 0.05) is 29.4 Å². The first kappa shape index (κ1) is 22.8. The van der Waals surface area contributed by atoms with Gasteiger partial charge >= 0.3 is 0 Å². The Hall–Kier alpha value is -5.34. The molecule has 0 aliphatic heterocycles. The van der Waals surface area contributed by atoms with Gasteiger partial charge in [-0.25, -0.2) is 9.97 Å². The van der Waals surface area contributed by atoms with Crippen LogP contribution in [0.3, 0.4) is 0 Å². The van der Waals surface area contributed by atoms with Crippen molar-refractivity contribution in [3.8, 4) is 22.5 Å². The van der Waals surface area contributed by atoms with E-state index in [0.29, 0.717) is 45.6 Å². The fourth-order valence-corrected chi connectivity index (χ4v) is 4.58. The molecule has 14 heteroatoms. The molecular weight excluding hydrogens is 504 g/mol. The Morgan fingerprint density at radius 2 is 1.18 bits per heavy atom. The van der Waals surface area contributed by atoms with Crippen molar-refractivity contribution in [1.29, 1.82) is 0 Å². The maximum atomic E-state index is 12.3. The Kier molecular flexibility index (Phi) is 5.04. The van der Waals surface area contributed by atoms with E-state index in [9.17, 15) is 9.59 Å². The van der Waals surface area contributed by atoms with Gasteiger partial charge in [-0.3, -0.25) is 9.59 Å². The number of methoxy groups -OCH3 is 1. The number of fused-ring (bicyclic) bond motifs is 8. The second-order valence-electron chi connectivity index (χ2n) is 8.61. The minimum Gasteiger partial charge on any atom is -0.388 e. The fourth-order valence-electron chi connectivity index (χ4n) is 4.58. The van der Waals surface area contributed by atoms with Crippen molar-refractivity contribution in [1.82, 2.24) is 49.6 Å². The van der Waals surface area contributed by atoms with Crippen LogP contribution in [0.5, 0.6) is 0 Å². The standard InChI is InChI=1S/C13H9N5O2.C12H7N5O2/c1-20-6-9-15-16-13-14-10-7-4-2-3-5-8(7)12(19)11(10)17-18(9)13;18-5-8-14-15-12-13-10-9(16-17(8)12)6-3-1-2-4-7(6)11(10)19/h2-5H,6H2,1H3;1-4,18H,5H2. The molecule has 1 N–H and O–H groups in total. The van der Waals surface area contributed by atoms with E-state index < -0.39 is 0 Å². The third-order valence-electron chi connectivity index (χ3n) is 6.35. The quantitative estimate of drug-likeness (QED) is 0.352. The second kappa shape index (κ2) is 8.61. The third-order valence-corrected chi connectivity index (χ3v) is 6.35. The first-order chi connectivity index (χ1) is 19.1. The number of carbonyl (C=O) groups is 2. The lowest BCUT2D eigenvalue weighted by atomic mass is 10.1. The van der Waals surface area contributed by atoms with Crippen LogP contribution in [-0.4, -0.2) is 73.4 Å². The van der Waals surface area contributed by atoms with Crippen LogP contribution in [0.15, 0.2) is 48.5 Å². The van der Waals surface area contributed by atoms with Crippen LogP contribution in [0.2, 0.25) is 0 Å². The number of ketones is 2. The molecule has 0 atom stereocenters. The summed E-state index contributed by atoms with van der Waals surface area (Å²) in [6.07, 6.45) is 0. The summed E-state index contributed by atoms with van der Waals surface area (Å²) in [5.41, 5.74) is 4.42. The summed E-state index contributed by atoms with van der Waals surface area (Å²) >= 11 is 0. The Labute approximate surface area is 218 Å². The van der Waals surface area contributed by atoms with Crippen molar-refractivity contribution in [2.24, 2.45) is 0 Å². The zero-order chi connectivity index (χ0) is 26.7. The number of aromatic nitrogens is 10. The van der Waals surface area contributed by atoms with Gasteiger partial charge in [-0.2, -0.15) is 19.2 Å². The molecule has 8 rings (SSSR count). The normalized spacial score (nSPS) is 12.8. The van der Waals surface area contributed by atoms with Crippen molar-refractivity contribution in [2.45, 2.75) is 13.2 Å². The fraction of sp³-hybridized carbons (Fsp3) is 0.120. The lowest BCUT2D eigenvalue weighted by Crippen LogP contribution is -2.08. The number of hydrogen-bond acceptors (Lipinski definition) is 12. The highest BCUT2D eigenvalue weighted by Crippen LogP contribution is 2.34. The molecular formula is C25H16N10O4. The van der Waals surface area contributed by atoms with Gasteiger partial charge in [0.05, 0.1) is 0 Å². The Morgan fingerprint density at radius 1 is 0.667 bits per heavy atom. The number of rotatable bonds is 3. The smallest absolute Gasteiger partial charge is 0.272 e. The third kappa shape index (κ3) is 3.36. The summed E-state index contributed by atoms with van der Waals surface area (Å²) in [5, 5.41) is 33.3. The summed E-state index contributed by atoms with van der Waals surface area (Å²) < 4.78 is 7.83. The van der Waals surface area contributed by atoms with Crippen molar-refractivity contribution in [3.05, 3.63) is 82.7 Å². The summed E-state index contributed by atoms with van der Waals surface area (Å²) in [7, 11) is 1.56. The number of ether oxygens (including phenoxy) is 1. The molecule has 0 radical (unpaired) electrons. The molecule has 0 saturated heterocycles. The van der Waals surface area contributed by atoms with E-state index in [1.165, 1.54) is 9.03 Å². The van der Waals surface area contributed by atoms with Gasteiger partial charge in [-0.05, 0) is 0 Å². The molecule has 0 unspecified atom stereocenters. The Bertz CT molecular complexity index is 1980. The number of benzene rings is 2. The Balaban J connectivity index is 0.000000130.